The Morgan fingerprint density at radius 3 is 2.14 bits per heavy atom. The van der Waals surface area contributed by atoms with E-state index < -0.39 is 0 Å². The van der Waals surface area contributed by atoms with Crippen LogP contribution in [-0.4, -0.2) is 68.6 Å². The highest BCUT2D eigenvalue weighted by molar-refractivity contribution is 5.72. The summed E-state index contributed by atoms with van der Waals surface area (Å²) < 4.78 is 20.0. The fourth-order valence-corrected chi connectivity index (χ4v) is 5.72. The van der Waals surface area contributed by atoms with Crippen LogP contribution in [0.15, 0.2) is 23.1 Å². The number of pyridine rings is 1. The Hall–Kier alpha value is -2.35. The van der Waals surface area contributed by atoms with Gasteiger partial charge in [-0.2, -0.15) is 0 Å². The smallest absolute Gasteiger partial charge is 0.253 e. The van der Waals surface area contributed by atoms with Crippen molar-refractivity contribution >= 4 is 0 Å². The van der Waals surface area contributed by atoms with Crippen LogP contribution in [0.3, 0.4) is 0 Å². The largest absolute Gasteiger partial charge is 0.496 e. The van der Waals surface area contributed by atoms with Crippen LogP contribution in [-0.2, 0) is 17.7 Å². The lowest BCUT2D eigenvalue weighted by molar-refractivity contribution is -0.0529. The van der Waals surface area contributed by atoms with E-state index in [1.165, 1.54) is 0 Å². The van der Waals surface area contributed by atoms with E-state index in [2.05, 4.69) is 29.3 Å². The zero-order chi connectivity index (χ0) is 26.4. The number of hydrogen-bond acceptors (Lipinski definition) is 6. The van der Waals surface area contributed by atoms with Crippen LogP contribution < -0.4 is 20.3 Å². The van der Waals surface area contributed by atoms with Crippen LogP contribution in [0.5, 0.6) is 11.5 Å². The Balaban J connectivity index is 1.46. The minimum Gasteiger partial charge on any atom is -0.496 e. The van der Waals surface area contributed by atoms with E-state index >= 15 is 0 Å². The van der Waals surface area contributed by atoms with Gasteiger partial charge in [0.15, 0.2) is 0 Å². The number of likely N-dealkylation sites (tertiary alicyclic amines) is 1. The molecule has 7 heteroatoms. The van der Waals surface area contributed by atoms with Gasteiger partial charge in [-0.25, -0.2) is 0 Å². The molecule has 1 aromatic carbocycles. The van der Waals surface area contributed by atoms with E-state index in [-0.39, 0.29) is 5.56 Å². The summed E-state index contributed by atoms with van der Waals surface area (Å²) in [6.07, 6.45) is 9.05. The molecule has 4 rings (SSSR count). The van der Waals surface area contributed by atoms with Crippen molar-refractivity contribution in [1.29, 1.82) is 0 Å². The van der Waals surface area contributed by atoms with Crippen molar-refractivity contribution < 1.29 is 14.2 Å². The van der Waals surface area contributed by atoms with Crippen LogP contribution in [0, 0.1) is 13.8 Å². The second kappa shape index (κ2) is 12.9. The number of benzene rings is 1. The van der Waals surface area contributed by atoms with Gasteiger partial charge in [0, 0.05) is 49.1 Å². The lowest BCUT2D eigenvalue weighted by Gasteiger charge is -2.35. The summed E-state index contributed by atoms with van der Waals surface area (Å²) in [6.45, 7) is 12.0. The first-order valence-electron chi connectivity index (χ1n) is 14.0. The van der Waals surface area contributed by atoms with Crippen molar-refractivity contribution in [3.63, 3.8) is 0 Å². The molecule has 0 amide bonds. The molecule has 2 fully saturated rings. The summed E-state index contributed by atoms with van der Waals surface area (Å²) in [7, 11) is 3.45. The molecule has 0 aliphatic carbocycles. The first-order valence-corrected chi connectivity index (χ1v) is 14.0. The number of nitrogens with zero attached hydrogens (tertiary/aromatic N) is 2. The quantitative estimate of drug-likeness (QED) is 0.512. The summed E-state index contributed by atoms with van der Waals surface area (Å²) >= 11 is 0. The number of ether oxygens (including phenoxy) is 3. The first-order chi connectivity index (χ1) is 17.9. The van der Waals surface area contributed by atoms with Crippen molar-refractivity contribution in [3.8, 4) is 22.6 Å². The highest BCUT2D eigenvalue weighted by Crippen LogP contribution is 2.37. The summed E-state index contributed by atoms with van der Waals surface area (Å²) in [6, 6.07) is 4.19. The maximum atomic E-state index is 12.7. The van der Waals surface area contributed by atoms with Gasteiger partial charge in [-0.3, -0.25) is 4.79 Å². The Morgan fingerprint density at radius 2 is 1.54 bits per heavy atom. The van der Waals surface area contributed by atoms with Gasteiger partial charge in [0.25, 0.3) is 5.56 Å². The fraction of sp³-hybridized carbons (Fsp3) is 0.633. The zero-order valence-corrected chi connectivity index (χ0v) is 23.4. The van der Waals surface area contributed by atoms with Crippen molar-refractivity contribution in [2.24, 2.45) is 0 Å². The van der Waals surface area contributed by atoms with Gasteiger partial charge in [0.2, 0.25) is 0 Å². The number of piperidine rings is 2. The highest BCUT2D eigenvalue weighted by Gasteiger charge is 2.24. The Labute approximate surface area is 222 Å². The SMILES string of the molecule is CCCn1cc(-c2cc(OC)c(CCN3CCC(OC4CCNCC4)CC3)c(OC)c2)c(C)c(C)c1=O. The average Bonchev–Trinajstić information content (AvgIpc) is 2.93. The molecule has 0 spiro atoms. The zero-order valence-electron chi connectivity index (χ0n) is 23.4. The molecule has 2 aliphatic rings. The molecule has 2 aromatic rings. The molecule has 0 unspecified atom stereocenters. The van der Waals surface area contributed by atoms with E-state index in [4.69, 9.17) is 14.2 Å². The van der Waals surface area contributed by atoms with E-state index in [0.29, 0.717) is 18.8 Å². The number of hydrogen-bond donors (Lipinski definition) is 1. The summed E-state index contributed by atoms with van der Waals surface area (Å²) in [5.41, 5.74) is 5.04. The standard InChI is InChI=1S/C30H45N3O4/c1-6-14-33-20-27(21(2)22(3)30(33)34)23-18-28(35-4)26(29(19-23)36-5)11-17-32-15-9-25(10-16-32)37-24-7-12-31-13-8-24/h18-20,24-25,31H,6-17H2,1-5H3. The van der Waals surface area contributed by atoms with Gasteiger partial charge >= 0.3 is 0 Å². The lowest BCUT2D eigenvalue weighted by Crippen LogP contribution is -2.41. The third-order valence-corrected chi connectivity index (χ3v) is 8.10. The molecule has 1 N–H and O–H groups in total. The monoisotopic (exact) mass is 511 g/mol. The topological polar surface area (TPSA) is 65.0 Å². The average molecular weight is 512 g/mol. The molecule has 7 nitrogen and oxygen atoms in total. The van der Waals surface area contributed by atoms with Crippen molar-refractivity contribution in [2.75, 3.05) is 46.9 Å². The minimum atomic E-state index is 0.0866. The highest BCUT2D eigenvalue weighted by atomic mass is 16.5. The summed E-state index contributed by atoms with van der Waals surface area (Å²) in [5, 5.41) is 3.42. The summed E-state index contributed by atoms with van der Waals surface area (Å²) in [4.78, 5) is 15.2. The predicted octanol–water partition coefficient (Wildman–Crippen LogP) is 4.33. The molecule has 3 heterocycles. The normalized spacial score (nSPS) is 17.8. The van der Waals surface area contributed by atoms with Crippen molar-refractivity contribution in [3.05, 3.63) is 45.4 Å². The maximum absolute atomic E-state index is 12.7. The molecule has 0 atom stereocenters. The summed E-state index contributed by atoms with van der Waals surface area (Å²) in [5.74, 6) is 1.67. The van der Waals surface area contributed by atoms with Crippen molar-refractivity contribution in [1.82, 2.24) is 14.8 Å². The molecular formula is C30H45N3O4. The fourth-order valence-electron chi connectivity index (χ4n) is 5.72. The number of aromatic nitrogens is 1. The van der Waals surface area contributed by atoms with Crippen LogP contribution in [0.4, 0.5) is 0 Å². The Kier molecular flexibility index (Phi) is 9.68. The van der Waals surface area contributed by atoms with Crippen LogP contribution >= 0.6 is 0 Å². The molecule has 0 bridgehead atoms. The number of aryl methyl sites for hydroxylation is 1. The lowest BCUT2D eigenvalue weighted by atomic mass is 9.96. The molecule has 0 radical (unpaired) electrons. The number of nitrogens with one attached hydrogen (secondary N) is 1. The van der Waals surface area contributed by atoms with Gasteiger partial charge < -0.3 is 29.0 Å². The van der Waals surface area contributed by atoms with E-state index in [1.807, 2.05) is 24.6 Å². The van der Waals surface area contributed by atoms with Gasteiger partial charge in [-0.15, -0.1) is 0 Å². The molecule has 2 aliphatic heterocycles. The van der Waals surface area contributed by atoms with Gasteiger partial charge in [-0.1, -0.05) is 6.92 Å². The van der Waals surface area contributed by atoms with Crippen LogP contribution in [0.1, 0.15) is 55.7 Å². The second-order valence-electron chi connectivity index (χ2n) is 10.5. The first kappa shape index (κ1) is 27.7. The Morgan fingerprint density at radius 1 is 0.919 bits per heavy atom. The van der Waals surface area contributed by atoms with Crippen molar-refractivity contribution in [2.45, 2.75) is 78.0 Å². The minimum absolute atomic E-state index is 0.0866. The molecule has 1 aromatic heterocycles. The second-order valence-corrected chi connectivity index (χ2v) is 10.5. The third kappa shape index (κ3) is 6.57. The van der Waals surface area contributed by atoms with Crippen LogP contribution in [0.2, 0.25) is 0 Å². The molecular weight excluding hydrogens is 466 g/mol. The van der Waals surface area contributed by atoms with E-state index in [9.17, 15) is 4.79 Å². The molecule has 204 valence electrons. The molecule has 0 saturated carbocycles. The van der Waals surface area contributed by atoms with Gasteiger partial charge in [0.05, 0.1) is 26.4 Å². The number of methoxy groups -OCH3 is 2. The molecule has 2 saturated heterocycles. The maximum Gasteiger partial charge on any atom is 0.253 e. The third-order valence-electron chi connectivity index (χ3n) is 8.10. The van der Waals surface area contributed by atoms with Gasteiger partial charge in [0.1, 0.15) is 11.5 Å². The number of rotatable bonds is 10. The van der Waals surface area contributed by atoms with Gasteiger partial charge in [-0.05, 0) is 88.7 Å². The molecule has 37 heavy (non-hydrogen) atoms. The predicted molar refractivity (Wildman–Crippen MR) is 149 cm³/mol. The van der Waals surface area contributed by atoms with Crippen LogP contribution in [0.25, 0.3) is 11.1 Å². The van der Waals surface area contributed by atoms with E-state index in [0.717, 1.165) is 111 Å². The Bertz CT molecular complexity index is 1070. The van der Waals surface area contributed by atoms with E-state index in [1.54, 1.807) is 14.2 Å².